The summed E-state index contributed by atoms with van der Waals surface area (Å²) in [5, 5.41) is 5.17. The van der Waals surface area contributed by atoms with Gasteiger partial charge in [0.15, 0.2) is 0 Å². The molecule has 0 aliphatic heterocycles. The Bertz CT molecular complexity index is 1150. The molecule has 0 bridgehead atoms. The highest BCUT2D eigenvalue weighted by molar-refractivity contribution is 6.18. The van der Waals surface area contributed by atoms with Crippen molar-refractivity contribution in [1.29, 1.82) is 0 Å². The molecule has 5 nitrogen and oxygen atoms in total. The van der Waals surface area contributed by atoms with Crippen LogP contribution in [-0.2, 0) is 6.18 Å². The van der Waals surface area contributed by atoms with Crippen LogP contribution in [0.4, 0.5) is 50.9 Å². The van der Waals surface area contributed by atoms with E-state index in [4.69, 9.17) is 17.3 Å². The van der Waals surface area contributed by atoms with E-state index in [-0.39, 0.29) is 18.1 Å². The molecule has 39 heavy (non-hydrogen) atoms. The van der Waals surface area contributed by atoms with Crippen LogP contribution in [0.2, 0.25) is 0 Å². The lowest BCUT2D eigenvalue weighted by Gasteiger charge is -2.18. The molecule has 0 amide bonds. The average molecular weight is 590 g/mol. The van der Waals surface area contributed by atoms with Crippen LogP contribution in [0.1, 0.15) is 5.56 Å². The first-order valence-corrected chi connectivity index (χ1v) is 11.1. The molecule has 1 atom stereocenters. The number of nitrogens with one attached hydrogen (secondary N) is 1. The van der Waals surface area contributed by atoms with Gasteiger partial charge in [-0.15, -0.1) is 11.6 Å². The standard InChI is InChI=1S/C11H10ClF5N2O2.C7H4F4.C6H7N/c12-4-8(19-20)5-18-7-1-6(13)2-9(3-7)21-11(16,17)10(14)15;8-6-4-2-1-3-5(6)7(9,10)11;7-6-4-2-1-3-5-6/h1-3,8,10,18H,4-5H2;1-4H;1-5H,7H2/t8-;;/m0../s1. The van der Waals surface area contributed by atoms with Crippen molar-refractivity contribution in [2.45, 2.75) is 24.8 Å². The van der Waals surface area contributed by atoms with Crippen molar-refractivity contribution in [1.82, 2.24) is 0 Å². The highest BCUT2D eigenvalue weighted by atomic mass is 35.5. The van der Waals surface area contributed by atoms with Crippen molar-refractivity contribution in [2.75, 3.05) is 23.5 Å². The maximum absolute atomic E-state index is 13.2. The Labute approximate surface area is 221 Å². The molecule has 3 aromatic carbocycles. The largest absolute Gasteiger partial charge is 0.461 e. The van der Waals surface area contributed by atoms with Gasteiger partial charge in [-0.25, -0.2) is 8.78 Å². The Kier molecular flexibility index (Phi) is 13.4. The van der Waals surface area contributed by atoms with Gasteiger partial charge in [0.25, 0.3) is 0 Å². The van der Waals surface area contributed by atoms with E-state index in [9.17, 15) is 44.4 Å². The van der Waals surface area contributed by atoms with E-state index in [1.54, 1.807) is 0 Å². The molecule has 15 heteroatoms. The molecule has 0 heterocycles. The normalized spacial score (nSPS) is 11.9. The number of nitrogen functional groups attached to an aromatic ring is 1. The summed E-state index contributed by atoms with van der Waals surface area (Å²) >= 11 is 5.40. The van der Waals surface area contributed by atoms with Crippen LogP contribution in [0.25, 0.3) is 0 Å². The lowest BCUT2D eigenvalue weighted by atomic mass is 10.2. The molecule has 0 saturated heterocycles. The van der Waals surface area contributed by atoms with Gasteiger partial charge in [-0.05, 0) is 30.3 Å². The van der Waals surface area contributed by atoms with Crippen molar-refractivity contribution in [2.24, 2.45) is 5.18 Å². The summed E-state index contributed by atoms with van der Waals surface area (Å²) in [6.07, 6.45) is -13.4. The van der Waals surface area contributed by atoms with E-state index in [2.05, 4.69) is 15.2 Å². The molecule has 3 rings (SSSR count). The van der Waals surface area contributed by atoms with E-state index < -0.39 is 47.7 Å². The lowest BCUT2D eigenvalue weighted by Crippen LogP contribution is -2.33. The molecule has 214 valence electrons. The number of rotatable bonds is 8. The summed E-state index contributed by atoms with van der Waals surface area (Å²) in [5.41, 5.74) is 4.91. The number of hydrogen-bond donors (Lipinski definition) is 2. The van der Waals surface area contributed by atoms with Gasteiger partial charge in [0, 0.05) is 35.9 Å². The van der Waals surface area contributed by atoms with Crippen molar-refractivity contribution in [3.63, 3.8) is 0 Å². The Morgan fingerprint density at radius 2 is 1.51 bits per heavy atom. The highest BCUT2D eigenvalue weighted by Crippen LogP contribution is 2.31. The second kappa shape index (κ2) is 15.7. The quantitative estimate of drug-likeness (QED) is 0.121. The first kappa shape index (κ1) is 33.3. The summed E-state index contributed by atoms with van der Waals surface area (Å²) in [4.78, 5) is 10.3. The van der Waals surface area contributed by atoms with E-state index >= 15 is 0 Å². The number of para-hydroxylation sites is 1. The molecule has 0 aliphatic rings. The van der Waals surface area contributed by atoms with Gasteiger partial charge in [0.2, 0.25) is 0 Å². The Morgan fingerprint density at radius 3 is 1.95 bits per heavy atom. The second-order valence-electron chi connectivity index (χ2n) is 7.32. The zero-order chi connectivity index (χ0) is 29.6. The van der Waals surface area contributed by atoms with Crippen molar-refractivity contribution >= 4 is 23.0 Å². The molecular formula is C24H21ClF9N3O2. The second-order valence-corrected chi connectivity index (χ2v) is 7.63. The number of nitrogens with two attached hydrogens (primary N) is 1. The zero-order valence-corrected chi connectivity index (χ0v) is 20.4. The molecule has 0 aliphatic carbocycles. The summed E-state index contributed by atoms with van der Waals surface area (Å²) < 4.78 is 114. The summed E-state index contributed by atoms with van der Waals surface area (Å²) in [7, 11) is 0. The fourth-order valence-corrected chi connectivity index (χ4v) is 2.59. The van der Waals surface area contributed by atoms with Crippen LogP contribution >= 0.6 is 11.6 Å². The van der Waals surface area contributed by atoms with Crippen LogP contribution in [0.3, 0.4) is 0 Å². The van der Waals surface area contributed by atoms with Gasteiger partial charge in [-0.2, -0.15) is 35.6 Å². The van der Waals surface area contributed by atoms with Gasteiger partial charge >= 0.3 is 18.7 Å². The lowest BCUT2D eigenvalue weighted by molar-refractivity contribution is -0.253. The molecule has 0 saturated carbocycles. The minimum atomic E-state index is -4.74. The Morgan fingerprint density at radius 1 is 0.923 bits per heavy atom. The molecule has 0 spiro atoms. The number of nitrogens with zero attached hydrogens (tertiary/aromatic N) is 1. The zero-order valence-electron chi connectivity index (χ0n) is 19.6. The van der Waals surface area contributed by atoms with E-state index in [1.165, 1.54) is 6.07 Å². The van der Waals surface area contributed by atoms with Crippen LogP contribution < -0.4 is 15.8 Å². The highest BCUT2D eigenvalue weighted by Gasteiger charge is 2.44. The van der Waals surface area contributed by atoms with Crippen LogP contribution in [0, 0.1) is 16.5 Å². The smallest absolute Gasteiger partial charge is 0.428 e. The minimum absolute atomic E-state index is 0.0474. The number of halogens is 10. The Balaban J connectivity index is 0.000000347. The SMILES string of the molecule is Fc1ccccc1C(F)(F)F.Nc1ccccc1.O=N[C@@H](CCl)CNc1cc(F)cc(OC(F)(F)C(F)F)c1. The van der Waals surface area contributed by atoms with Gasteiger partial charge in [-0.1, -0.05) is 35.5 Å². The molecule has 3 aromatic rings. The van der Waals surface area contributed by atoms with Crippen LogP contribution in [-0.4, -0.2) is 31.0 Å². The molecule has 3 N–H and O–H groups in total. The molecular weight excluding hydrogens is 569 g/mol. The van der Waals surface area contributed by atoms with Gasteiger partial charge in [-0.3, -0.25) is 0 Å². The summed E-state index contributed by atoms with van der Waals surface area (Å²) in [6.45, 7) is -0.0822. The van der Waals surface area contributed by atoms with E-state index in [1.807, 2.05) is 30.3 Å². The van der Waals surface area contributed by atoms with E-state index in [0.29, 0.717) is 12.1 Å². The van der Waals surface area contributed by atoms with Crippen LogP contribution in [0.5, 0.6) is 5.75 Å². The van der Waals surface area contributed by atoms with Crippen molar-refractivity contribution in [3.05, 3.63) is 94.9 Å². The Hall–Kier alpha value is -3.68. The molecule has 0 fully saturated rings. The third-order valence-electron chi connectivity index (χ3n) is 4.23. The molecule has 0 unspecified atom stereocenters. The molecule has 0 aromatic heterocycles. The third kappa shape index (κ3) is 12.6. The van der Waals surface area contributed by atoms with E-state index in [0.717, 1.165) is 30.0 Å². The maximum atomic E-state index is 13.2. The average Bonchev–Trinajstić information content (AvgIpc) is 2.85. The molecule has 0 radical (unpaired) electrons. The summed E-state index contributed by atoms with van der Waals surface area (Å²) in [5.74, 6) is -3.11. The number of nitroso groups, excluding NO2 is 1. The number of ether oxygens (including phenoxy) is 1. The fourth-order valence-electron chi connectivity index (χ4n) is 2.43. The van der Waals surface area contributed by atoms with Gasteiger partial charge in [0.05, 0.1) is 5.56 Å². The van der Waals surface area contributed by atoms with Gasteiger partial charge in [0.1, 0.15) is 23.4 Å². The predicted molar refractivity (Wildman–Crippen MR) is 129 cm³/mol. The first-order chi connectivity index (χ1) is 18.2. The number of anilines is 2. The third-order valence-corrected chi connectivity index (χ3v) is 4.58. The van der Waals surface area contributed by atoms with Crippen LogP contribution in [0.15, 0.2) is 78.0 Å². The number of alkyl halides is 8. The topological polar surface area (TPSA) is 76.7 Å². The van der Waals surface area contributed by atoms with Crippen molar-refractivity contribution < 1.29 is 44.3 Å². The monoisotopic (exact) mass is 589 g/mol. The fraction of sp³-hybridized carbons (Fsp3) is 0.250. The first-order valence-electron chi connectivity index (χ1n) is 10.6. The minimum Gasteiger partial charge on any atom is -0.428 e. The van der Waals surface area contributed by atoms with Gasteiger partial charge < -0.3 is 15.8 Å². The van der Waals surface area contributed by atoms with Crippen molar-refractivity contribution in [3.8, 4) is 5.75 Å². The maximum Gasteiger partial charge on any atom is 0.461 e. The summed E-state index contributed by atoms with van der Waals surface area (Å²) in [6, 6.07) is 14.8. The number of benzene rings is 3. The predicted octanol–water partition coefficient (Wildman–Crippen LogP) is 7.96. The number of hydrogen-bond acceptors (Lipinski definition) is 5.